The van der Waals surface area contributed by atoms with Gasteiger partial charge in [0.1, 0.15) is 5.82 Å². The number of allylic oxidation sites excluding steroid dienone is 2. The molecule has 0 amide bonds. The fourth-order valence-electron chi connectivity index (χ4n) is 3.07. The molecule has 1 aromatic rings. The van der Waals surface area contributed by atoms with Crippen molar-refractivity contribution < 1.29 is 13.9 Å². The van der Waals surface area contributed by atoms with E-state index in [0.717, 1.165) is 24.8 Å². The van der Waals surface area contributed by atoms with Gasteiger partial charge in [-0.05, 0) is 54.7 Å². The molecule has 2 aliphatic rings. The Kier molecular flexibility index (Phi) is 4.09. The van der Waals surface area contributed by atoms with Crippen LogP contribution in [0.1, 0.15) is 37.7 Å². The smallest absolute Gasteiger partial charge is 0.309 e. The quantitative estimate of drug-likeness (QED) is 0.616. The zero-order valence-corrected chi connectivity index (χ0v) is 12.3. The molecule has 1 aromatic carbocycles. The van der Waals surface area contributed by atoms with E-state index >= 15 is 0 Å². The molecule has 3 heteroatoms. The van der Waals surface area contributed by atoms with Crippen molar-refractivity contribution in [3.05, 3.63) is 47.8 Å². The van der Waals surface area contributed by atoms with Crippen LogP contribution < -0.4 is 0 Å². The Bertz CT molecular complexity index is 535. The second kappa shape index (κ2) is 6.00. The van der Waals surface area contributed by atoms with Crippen LogP contribution in [0.5, 0.6) is 0 Å². The van der Waals surface area contributed by atoms with Gasteiger partial charge in [-0.2, -0.15) is 0 Å². The van der Waals surface area contributed by atoms with Gasteiger partial charge in [0.2, 0.25) is 0 Å². The van der Waals surface area contributed by atoms with Gasteiger partial charge in [0, 0.05) is 0 Å². The maximum absolute atomic E-state index is 12.9. The summed E-state index contributed by atoms with van der Waals surface area (Å²) in [4.78, 5) is 12.1. The topological polar surface area (TPSA) is 26.3 Å². The van der Waals surface area contributed by atoms with Crippen LogP contribution in [0.2, 0.25) is 0 Å². The third kappa shape index (κ3) is 3.34. The summed E-state index contributed by atoms with van der Waals surface area (Å²) >= 11 is 0. The molecule has 0 bridgehead atoms. The van der Waals surface area contributed by atoms with E-state index in [-0.39, 0.29) is 23.6 Å². The summed E-state index contributed by atoms with van der Waals surface area (Å²) in [6.45, 7) is 2.73. The molecule has 0 N–H and O–H groups in total. The molecule has 3 rings (SSSR count). The Morgan fingerprint density at radius 1 is 1.24 bits per heavy atom. The number of carbonyl (C=O) groups excluding carboxylic acids is 1. The highest BCUT2D eigenvalue weighted by Crippen LogP contribution is 2.48. The maximum atomic E-state index is 12.9. The van der Waals surface area contributed by atoms with Gasteiger partial charge in [-0.1, -0.05) is 31.2 Å². The van der Waals surface area contributed by atoms with Crippen LogP contribution in [-0.4, -0.2) is 12.6 Å². The minimum atomic E-state index is -0.238. The van der Waals surface area contributed by atoms with Gasteiger partial charge >= 0.3 is 5.97 Å². The lowest BCUT2D eigenvalue weighted by molar-refractivity contribution is -0.147. The van der Waals surface area contributed by atoms with Crippen LogP contribution >= 0.6 is 0 Å². The van der Waals surface area contributed by atoms with Gasteiger partial charge in [0.05, 0.1) is 12.5 Å². The number of benzene rings is 1. The van der Waals surface area contributed by atoms with Crippen LogP contribution in [0.3, 0.4) is 0 Å². The highest BCUT2D eigenvalue weighted by atomic mass is 19.1. The maximum Gasteiger partial charge on any atom is 0.309 e. The zero-order chi connectivity index (χ0) is 14.8. The van der Waals surface area contributed by atoms with Gasteiger partial charge in [0.25, 0.3) is 0 Å². The molecular weight excluding hydrogens is 267 g/mol. The number of hydrogen-bond acceptors (Lipinski definition) is 2. The number of rotatable bonds is 4. The van der Waals surface area contributed by atoms with Gasteiger partial charge in [-0.15, -0.1) is 0 Å². The van der Waals surface area contributed by atoms with Crippen LogP contribution in [0.4, 0.5) is 4.39 Å². The van der Waals surface area contributed by atoms with Crippen LogP contribution in [-0.2, 0) is 9.53 Å². The molecule has 0 radical (unpaired) electrons. The summed E-state index contributed by atoms with van der Waals surface area (Å²) in [6.07, 6.45) is 7.28. The van der Waals surface area contributed by atoms with Crippen molar-refractivity contribution in [1.29, 1.82) is 0 Å². The average molecular weight is 288 g/mol. The predicted octanol–water partition coefficient (Wildman–Crippen LogP) is 4.07. The zero-order valence-electron chi connectivity index (χ0n) is 12.3. The van der Waals surface area contributed by atoms with E-state index in [4.69, 9.17) is 4.74 Å². The van der Waals surface area contributed by atoms with Gasteiger partial charge in [-0.25, -0.2) is 4.39 Å². The fraction of sp³-hybridized carbons (Fsp3) is 0.500. The number of esters is 1. The monoisotopic (exact) mass is 288 g/mol. The second-order valence-electron chi connectivity index (χ2n) is 6.31. The van der Waals surface area contributed by atoms with Crippen molar-refractivity contribution in [1.82, 2.24) is 0 Å². The summed E-state index contributed by atoms with van der Waals surface area (Å²) in [7, 11) is 0. The van der Waals surface area contributed by atoms with E-state index < -0.39 is 0 Å². The predicted molar refractivity (Wildman–Crippen MR) is 79.2 cm³/mol. The molecule has 4 atom stereocenters. The van der Waals surface area contributed by atoms with Crippen molar-refractivity contribution >= 4 is 5.97 Å². The van der Waals surface area contributed by atoms with Gasteiger partial charge in [-0.3, -0.25) is 4.79 Å². The molecule has 21 heavy (non-hydrogen) atoms. The molecule has 0 heterocycles. The van der Waals surface area contributed by atoms with Gasteiger partial charge < -0.3 is 4.74 Å². The lowest BCUT2D eigenvalue weighted by Gasteiger charge is -2.24. The molecule has 4 unspecified atom stereocenters. The largest absolute Gasteiger partial charge is 0.465 e. The molecule has 1 fully saturated rings. The molecular formula is C18H21FO2. The summed E-state index contributed by atoms with van der Waals surface area (Å²) in [5.74, 6) is 0.868. The van der Waals surface area contributed by atoms with Crippen LogP contribution in [0.25, 0.3) is 0 Å². The first kappa shape index (κ1) is 14.3. The number of hydrogen-bond donors (Lipinski definition) is 0. The normalized spacial score (nSPS) is 31.0. The van der Waals surface area contributed by atoms with E-state index in [1.54, 1.807) is 12.1 Å². The molecule has 0 saturated heterocycles. The first-order valence-corrected chi connectivity index (χ1v) is 7.72. The highest BCUT2D eigenvalue weighted by Gasteiger charge is 2.45. The van der Waals surface area contributed by atoms with E-state index in [2.05, 4.69) is 19.1 Å². The van der Waals surface area contributed by atoms with Crippen LogP contribution in [0.15, 0.2) is 36.4 Å². The van der Waals surface area contributed by atoms with Gasteiger partial charge in [0.15, 0.2) is 0 Å². The summed E-state index contributed by atoms with van der Waals surface area (Å²) in [5, 5.41) is 0. The molecule has 1 saturated carbocycles. The lowest BCUT2D eigenvalue weighted by atomic mass is 9.85. The summed E-state index contributed by atoms with van der Waals surface area (Å²) in [5.41, 5.74) is 1.03. The molecule has 112 valence electrons. The van der Waals surface area contributed by atoms with Crippen molar-refractivity contribution in [2.24, 2.45) is 17.8 Å². The Morgan fingerprint density at radius 3 is 2.67 bits per heavy atom. The molecule has 0 aliphatic heterocycles. The molecule has 2 aliphatic carbocycles. The van der Waals surface area contributed by atoms with Crippen LogP contribution in [0, 0.1) is 23.6 Å². The lowest BCUT2D eigenvalue weighted by Crippen LogP contribution is -2.22. The highest BCUT2D eigenvalue weighted by molar-refractivity contribution is 5.77. The number of carbonyl (C=O) groups is 1. The SMILES string of the molecule is CC1CC=CCC1COC(=O)C1CC1c1ccc(F)cc1. The Morgan fingerprint density at radius 2 is 1.95 bits per heavy atom. The third-order valence-corrected chi connectivity index (χ3v) is 4.75. The molecule has 0 spiro atoms. The first-order valence-electron chi connectivity index (χ1n) is 7.72. The fourth-order valence-corrected chi connectivity index (χ4v) is 3.07. The molecule has 0 aromatic heterocycles. The summed E-state index contributed by atoms with van der Waals surface area (Å²) in [6, 6.07) is 6.43. The van der Waals surface area contributed by atoms with E-state index in [9.17, 15) is 9.18 Å². The van der Waals surface area contributed by atoms with Crippen molar-refractivity contribution in [2.75, 3.05) is 6.61 Å². The number of ether oxygens (including phenoxy) is 1. The third-order valence-electron chi connectivity index (χ3n) is 4.75. The minimum absolute atomic E-state index is 0.0371. The van der Waals surface area contributed by atoms with E-state index in [0.29, 0.717) is 18.4 Å². The first-order chi connectivity index (χ1) is 10.1. The number of halogens is 1. The summed E-state index contributed by atoms with van der Waals surface area (Å²) < 4.78 is 18.4. The van der Waals surface area contributed by atoms with Crippen molar-refractivity contribution in [3.63, 3.8) is 0 Å². The van der Waals surface area contributed by atoms with E-state index in [1.807, 2.05) is 0 Å². The van der Waals surface area contributed by atoms with Crippen molar-refractivity contribution in [2.45, 2.75) is 32.1 Å². The Labute approximate surface area is 125 Å². The Balaban J connectivity index is 1.49. The molecule has 2 nitrogen and oxygen atoms in total. The van der Waals surface area contributed by atoms with Crippen molar-refractivity contribution in [3.8, 4) is 0 Å². The standard InChI is InChI=1S/C18H21FO2/c1-12-4-2-3-5-14(12)11-21-18(20)17-10-16(17)13-6-8-15(19)9-7-13/h2-3,6-9,12,14,16-17H,4-5,10-11H2,1H3. The van der Waals surface area contributed by atoms with E-state index in [1.165, 1.54) is 12.1 Å². The average Bonchev–Trinajstić information content (AvgIpc) is 3.27. The minimum Gasteiger partial charge on any atom is -0.465 e. The second-order valence-corrected chi connectivity index (χ2v) is 6.31. The Hall–Kier alpha value is -1.64.